The van der Waals surface area contributed by atoms with Gasteiger partial charge in [-0.3, -0.25) is 0 Å². The minimum Gasteiger partial charge on any atom is -0.356 e. The van der Waals surface area contributed by atoms with Crippen LogP contribution in [0, 0.1) is 0 Å². The Morgan fingerprint density at radius 1 is 1.29 bits per heavy atom. The maximum atomic E-state index is 11.9. The highest BCUT2D eigenvalue weighted by atomic mass is 16.6. The van der Waals surface area contributed by atoms with E-state index in [0.717, 1.165) is 5.71 Å². The summed E-state index contributed by atoms with van der Waals surface area (Å²) in [6, 6.07) is 7.13. The zero-order valence-electron chi connectivity index (χ0n) is 10.7. The van der Waals surface area contributed by atoms with Crippen molar-refractivity contribution in [3.63, 3.8) is 0 Å². The molecule has 3 nitrogen and oxygen atoms in total. The monoisotopic (exact) mass is 230 g/mol. The first kappa shape index (κ1) is 13.5. The van der Waals surface area contributed by atoms with Crippen molar-refractivity contribution in [3.05, 3.63) is 29.8 Å². The van der Waals surface area contributed by atoms with E-state index < -0.39 is 0 Å². The second kappa shape index (κ2) is 6.23. The maximum absolute atomic E-state index is 11.9. The normalized spacial score (nSPS) is 9.94. The summed E-state index contributed by atoms with van der Waals surface area (Å²) in [5, 5.41) is 3.87. The highest BCUT2D eigenvalue weighted by Crippen LogP contribution is 2.19. The van der Waals surface area contributed by atoms with Crippen molar-refractivity contribution in [2.24, 2.45) is 5.16 Å². The molecule has 1 aromatic rings. The highest BCUT2D eigenvalue weighted by Gasteiger charge is 2.14. The van der Waals surface area contributed by atoms with Crippen LogP contribution in [0.4, 0.5) is 0 Å². The van der Waals surface area contributed by atoms with E-state index in [1.807, 2.05) is 39.8 Å². The summed E-state index contributed by atoms with van der Waals surface area (Å²) < 4.78 is 0. The Morgan fingerprint density at radius 3 is 2.53 bits per heavy atom. The molecule has 1 radical (unpaired) electrons. The zero-order valence-corrected chi connectivity index (χ0v) is 10.7. The minimum atomic E-state index is -0.0282. The van der Waals surface area contributed by atoms with Crippen LogP contribution in [-0.2, 0) is 0 Å². The predicted octanol–water partition coefficient (Wildman–Crippen LogP) is 3.13. The maximum Gasteiger partial charge on any atom is 0.212 e. The predicted molar refractivity (Wildman–Crippen MR) is 71.0 cm³/mol. The number of carbonyl (C=O) groups excluding carboxylic acids is 1. The van der Waals surface area contributed by atoms with Crippen molar-refractivity contribution < 1.29 is 9.63 Å². The second-order valence-electron chi connectivity index (χ2n) is 4.40. The SMILES string of the molecule is CC(C)=NOc1ccccc1C(=O)[B]C(C)C. The summed E-state index contributed by atoms with van der Waals surface area (Å²) in [7, 11) is 1.67. The topological polar surface area (TPSA) is 38.7 Å². The van der Waals surface area contributed by atoms with Gasteiger partial charge in [-0.25, -0.2) is 0 Å². The van der Waals surface area contributed by atoms with E-state index in [0.29, 0.717) is 11.3 Å². The van der Waals surface area contributed by atoms with Gasteiger partial charge in [-0.2, -0.15) is 0 Å². The molecule has 0 aliphatic carbocycles. The molecule has 0 amide bonds. The molecule has 0 atom stereocenters. The van der Waals surface area contributed by atoms with E-state index >= 15 is 0 Å². The van der Waals surface area contributed by atoms with Crippen molar-refractivity contribution in [3.8, 4) is 5.75 Å². The lowest BCUT2D eigenvalue weighted by atomic mass is 9.61. The van der Waals surface area contributed by atoms with E-state index in [-0.39, 0.29) is 11.5 Å². The number of oxime groups is 1. The summed E-state index contributed by atoms with van der Waals surface area (Å²) >= 11 is 0. The molecule has 0 saturated heterocycles. The highest BCUT2D eigenvalue weighted by molar-refractivity contribution is 6.78. The van der Waals surface area contributed by atoms with Gasteiger partial charge in [0.15, 0.2) is 5.75 Å². The molecule has 17 heavy (non-hydrogen) atoms. The van der Waals surface area contributed by atoms with Gasteiger partial charge in [0.05, 0.1) is 11.3 Å². The fraction of sp³-hybridized carbons (Fsp3) is 0.385. The van der Waals surface area contributed by atoms with Crippen molar-refractivity contribution in [2.45, 2.75) is 33.5 Å². The van der Waals surface area contributed by atoms with Crippen LogP contribution < -0.4 is 4.84 Å². The van der Waals surface area contributed by atoms with Crippen molar-refractivity contribution in [1.29, 1.82) is 0 Å². The van der Waals surface area contributed by atoms with Crippen LogP contribution in [0.2, 0.25) is 5.82 Å². The van der Waals surface area contributed by atoms with E-state index in [1.165, 1.54) is 0 Å². The van der Waals surface area contributed by atoms with Crippen LogP contribution in [0.3, 0.4) is 0 Å². The Balaban J connectivity index is 2.91. The lowest BCUT2D eigenvalue weighted by Gasteiger charge is -2.07. The molecule has 0 saturated carbocycles. The van der Waals surface area contributed by atoms with Gasteiger partial charge in [-0.05, 0) is 26.0 Å². The molecule has 0 aliphatic heterocycles. The van der Waals surface area contributed by atoms with Crippen LogP contribution in [0.25, 0.3) is 0 Å². The first-order chi connectivity index (χ1) is 8.00. The third-order valence-electron chi connectivity index (χ3n) is 1.96. The number of carbonyl (C=O) groups is 1. The standard InChI is InChI=1S/C13H17BNO2/c1-9(2)14-13(16)11-7-5-6-8-12(11)17-15-10(3)4/h5-9H,1-4H3. The number of rotatable bonds is 5. The zero-order chi connectivity index (χ0) is 12.8. The van der Waals surface area contributed by atoms with Gasteiger partial charge in [0.2, 0.25) is 7.28 Å². The molecule has 0 N–H and O–H groups in total. The van der Waals surface area contributed by atoms with Crippen LogP contribution in [0.1, 0.15) is 38.1 Å². The van der Waals surface area contributed by atoms with Crippen molar-refractivity contribution in [2.75, 3.05) is 0 Å². The van der Waals surface area contributed by atoms with Crippen molar-refractivity contribution >= 4 is 18.7 Å². The average Bonchev–Trinajstić information content (AvgIpc) is 2.25. The van der Waals surface area contributed by atoms with Gasteiger partial charge in [0.25, 0.3) is 0 Å². The molecule has 0 unspecified atom stereocenters. The molecule has 89 valence electrons. The molecular formula is C13H17BNO2. The average molecular weight is 230 g/mol. The summed E-state index contributed by atoms with van der Waals surface area (Å²) in [5.74, 6) is 0.711. The molecule has 4 heteroatoms. The molecule has 1 rings (SSSR count). The molecule has 0 aromatic heterocycles. The Labute approximate surface area is 103 Å². The first-order valence-electron chi connectivity index (χ1n) is 5.67. The van der Waals surface area contributed by atoms with Gasteiger partial charge in [-0.15, -0.1) is 0 Å². The van der Waals surface area contributed by atoms with Gasteiger partial charge in [0, 0.05) is 0 Å². The van der Waals surface area contributed by atoms with E-state index in [9.17, 15) is 4.79 Å². The van der Waals surface area contributed by atoms with E-state index in [4.69, 9.17) is 4.84 Å². The molecule has 0 fully saturated rings. The number of benzene rings is 1. The lowest BCUT2D eigenvalue weighted by Crippen LogP contribution is -2.13. The number of nitrogens with zero attached hydrogens (tertiary/aromatic N) is 1. The first-order valence-corrected chi connectivity index (χ1v) is 5.67. The summed E-state index contributed by atoms with van der Waals surface area (Å²) in [4.78, 5) is 17.2. The fourth-order valence-corrected chi connectivity index (χ4v) is 1.28. The van der Waals surface area contributed by atoms with Gasteiger partial charge >= 0.3 is 0 Å². The lowest BCUT2D eigenvalue weighted by molar-refractivity contribution is 0.107. The van der Waals surface area contributed by atoms with Gasteiger partial charge < -0.3 is 9.63 Å². The van der Waals surface area contributed by atoms with Crippen molar-refractivity contribution in [1.82, 2.24) is 0 Å². The van der Waals surface area contributed by atoms with Crippen LogP contribution >= 0.6 is 0 Å². The molecule has 1 aromatic carbocycles. The molecule has 0 heterocycles. The van der Waals surface area contributed by atoms with Crippen LogP contribution in [-0.4, -0.2) is 18.7 Å². The van der Waals surface area contributed by atoms with E-state index in [2.05, 4.69) is 5.16 Å². The van der Waals surface area contributed by atoms with Crippen LogP contribution in [0.15, 0.2) is 29.4 Å². The Morgan fingerprint density at radius 2 is 1.94 bits per heavy atom. The number of hydrogen-bond donors (Lipinski definition) is 0. The fourth-order valence-electron chi connectivity index (χ4n) is 1.28. The molecule has 0 bridgehead atoms. The van der Waals surface area contributed by atoms with Crippen LogP contribution in [0.5, 0.6) is 5.75 Å². The summed E-state index contributed by atoms with van der Waals surface area (Å²) in [5.41, 5.74) is 1.32. The number of para-hydroxylation sites is 1. The van der Waals surface area contributed by atoms with Gasteiger partial charge in [-0.1, -0.05) is 37.0 Å². The molecule has 0 spiro atoms. The molecular weight excluding hydrogens is 213 g/mol. The number of hydrogen-bond acceptors (Lipinski definition) is 3. The van der Waals surface area contributed by atoms with E-state index in [1.54, 1.807) is 19.4 Å². The Bertz CT molecular complexity index is 423. The third-order valence-corrected chi connectivity index (χ3v) is 1.96. The minimum absolute atomic E-state index is 0.0282. The Kier molecular flexibility index (Phi) is 4.95. The quantitative estimate of drug-likeness (QED) is 0.442. The largest absolute Gasteiger partial charge is 0.356 e. The summed E-state index contributed by atoms with van der Waals surface area (Å²) in [6.07, 6.45) is 0. The van der Waals surface area contributed by atoms with Gasteiger partial charge in [0.1, 0.15) is 5.68 Å². The smallest absolute Gasteiger partial charge is 0.212 e. The molecule has 0 aliphatic rings. The Hall–Kier alpha value is -1.58. The second-order valence-corrected chi connectivity index (χ2v) is 4.40. The third kappa shape index (κ3) is 4.43. The summed E-state index contributed by atoms with van der Waals surface area (Å²) in [6.45, 7) is 7.61.